The average molecular weight is 428 g/mol. The van der Waals surface area contributed by atoms with Crippen LogP contribution < -0.4 is 0 Å². The molecule has 0 aromatic heterocycles. The Balaban J connectivity index is 6.08. The van der Waals surface area contributed by atoms with E-state index in [0.717, 1.165) is 27.7 Å². The second-order valence-corrected chi connectivity index (χ2v) is 6.53. The Labute approximate surface area is 159 Å². The fourth-order valence-corrected chi connectivity index (χ4v) is 2.34. The lowest BCUT2D eigenvalue weighted by Gasteiger charge is -2.33. The van der Waals surface area contributed by atoms with Crippen LogP contribution in [0.15, 0.2) is 0 Å². The number of ether oxygens (including phenoxy) is 4. The summed E-state index contributed by atoms with van der Waals surface area (Å²) in [7, 11) is -5.04. The van der Waals surface area contributed by atoms with Gasteiger partial charge in [0, 0.05) is 27.7 Å². The van der Waals surface area contributed by atoms with Crippen molar-refractivity contribution in [2.24, 2.45) is 0 Å². The van der Waals surface area contributed by atoms with Crippen molar-refractivity contribution in [1.29, 1.82) is 0 Å². The van der Waals surface area contributed by atoms with Crippen molar-refractivity contribution in [3.05, 3.63) is 0 Å². The first-order chi connectivity index (χ1) is 12.8. The summed E-state index contributed by atoms with van der Waals surface area (Å²) in [6.07, 6.45) is -7.09. The second-order valence-electron chi connectivity index (χ2n) is 5.29. The fraction of sp³-hybridized carbons (Fsp3) is 0.643. The van der Waals surface area contributed by atoms with Crippen molar-refractivity contribution in [3.63, 3.8) is 0 Å². The van der Waals surface area contributed by atoms with Gasteiger partial charge in [-0.25, -0.2) is 4.57 Å². The molecule has 2 N–H and O–H groups in total. The van der Waals surface area contributed by atoms with E-state index in [4.69, 9.17) is 28.7 Å². The van der Waals surface area contributed by atoms with Gasteiger partial charge in [0.25, 0.3) is 0 Å². The molecule has 0 unspecified atom stereocenters. The van der Waals surface area contributed by atoms with Gasteiger partial charge in [0.05, 0.1) is 6.61 Å². The predicted molar refractivity (Wildman–Crippen MR) is 86.3 cm³/mol. The second kappa shape index (κ2) is 11.5. The summed E-state index contributed by atoms with van der Waals surface area (Å²) in [5.41, 5.74) is 0. The number of carbonyl (C=O) groups excluding carboxylic acids is 5. The van der Waals surface area contributed by atoms with Crippen LogP contribution in [0, 0.1) is 0 Å². The highest BCUT2D eigenvalue weighted by Crippen LogP contribution is 2.36. The molecule has 0 amide bonds. The molecule has 0 radical (unpaired) electrons. The summed E-state index contributed by atoms with van der Waals surface area (Å²) >= 11 is 0. The molecule has 0 aliphatic rings. The van der Waals surface area contributed by atoms with E-state index < -0.39 is 62.7 Å². The minimum Gasteiger partial charge on any atom is -0.456 e. The molecule has 0 saturated heterocycles. The first kappa shape index (κ1) is 25.7. The molecule has 0 bridgehead atoms. The van der Waals surface area contributed by atoms with E-state index >= 15 is 0 Å². The topological polar surface area (TPSA) is 189 Å². The maximum absolute atomic E-state index is 11.5. The highest BCUT2D eigenvalue weighted by atomic mass is 31.2. The molecule has 28 heavy (non-hydrogen) atoms. The summed E-state index contributed by atoms with van der Waals surface area (Å²) in [5.74, 6) is -3.92. The van der Waals surface area contributed by atoms with Crippen LogP contribution in [0.5, 0.6) is 0 Å². The van der Waals surface area contributed by atoms with Crippen molar-refractivity contribution >= 4 is 38.0 Å². The quantitative estimate of drug-likeness (QED) is 0.177. The van der Waals surface area contributed by atoms with Crippen molar-refractivity contribution in [1.82, 2.24) is 0 Å². The molecular weight excluding hydrogens is 407 g/mol. The Morgan fingerprint density at radius 3 is 1.61 bits per heavy atom. The molecule has 0 aliphatic heterocycles. The van der Waals surface area contributed by atoms with E-state index in [9.17, 15) is 28.5 Å². The van der Waals surface area contributed by atoms with Gasteiger partial charge in [0.2, 0.25) is 0 Å². The number of phosphoric ester groups is 1. The zero-order chi connectivity index (χ0) is 22.1. The standard InChI is InChI=1S/C14H21O13P/c1-7(16)24-11(5-15)13(26-9(3)18)14(27-10(4)19)12(25-8(2)17)6-23-28(20,21)22/h5,11-14H,6H2,1-4H3,(H2,20,21,22)/t11-,12+,13+,14+/m0/s1. The summed E-state index contributed by atoms with van der Waals surface area (Å²) in [5, 5.41) is 0. The summed E-state index contributed by atoms with van der Waals surface area (Å²) in [4.78, 5) is 74.5. The molecule has 0 rings (SSSR count). The van der Waals surface area contributed by atoms with Crippen molar-refractivity contribution in [2.45, 2.75) is 52.1 Å². The molecular formula is C14H21O13P. The average Bonchev–Trinajstić information content (AvgIpc) is 2.50. The maximum atomic E-state index is 11.5. The van der Waals surface area contributed by atoms with Gasteiger partial charge in [-0.3, -0.25) is 28.5 Å². The van der Waals surface area contributed by atoms with E-state index in [1.165, 1.54) is 0 Å². The zero-order valence-electron chi connectivity index (χ0n) is 15.4. The highest BCUT2D eigenvalue weighted by Gasteiger charge is 2.44. The number of hydrogen-bond donors (Lipinski definition) is 2. The number of carbonyl (C=O) groups is 5. The van der Waals surface area contributed by atoms with Crippen LogP contribution >= 0.6 is 7.82 Å². The predicted octanol–water partition coefficient (Wildman–Crippen LogP) is -0.979. The molecule has 0 fully saturated rings. The highest BCUT2D eigenvalue weighted by molar-refractivity contribution is 7.46. The Hall–Kier alpha value is -2.34. The third-order valence-electron chi connectivity index (χ3n) is 2.78. The molecule has 0 saturated carbocycles. The number of esters is 4. The molecule has 0 heterocycles. The fourth-order valence-electron chi connectivity index (χ4n) is 2.00. The van der Waals surface area contributed by atoms with Gasteiger partial charge >= 0.3 is 31.7 Å². The van der Waals surface area contributed by atoms with E-state index in [2.05, 4.69) is 4.52 Å². The smallest absolute Gasteiger partial charge is 0.456 e. The first-order valence-electron chi connectivity index (χ1n) is 7.61. The molecule has 0 aromatic carbocycles. The largest absolute Gasteiger partial charge is 0.469 e. The minimum atomic E-state index is -5.04. The lowest BCUT2D eigenvalue weighted by molar-refractivity contribution is -0.199. The monoisotopic (exact) mass is 428 g/mol. The van der Waals surface area contributed by atoms with Gasteiger partial charge < -0.3 is 28.7 Å². The molecule has 13 nitrogen and oxygen atoms in total. The van der Waals surface area contributed by atoms with E-state index in [0.29, 0.717) is 0 Å². The SMILES string of the molecule is CC(=O)O[C@@H]([C@H](OC(C)=O)[C@@H](COP(=O)(O)O)OC(C)=O)[C@H](C=O)OC(C)=O. The Bertz CT molecular complexity index is 639. The molecule has 4 atom stereocenters. The summed E-state index contributed by atoms with van der Waals surface area (Å²) in [6, 6.07) is 0. The Morgan fingerprint density at radius 1 is 0.821 bits per heavy atom. The van der Waals surface area contributed by atoms with Gasteiger partial charge in [-0.1, -0.05) is 0 Å². The third-order valence-corrected chi connectivity index (χ3v) is 3.26. The van der Waals surface area contributed by atoms with Crippen LogP contribution in [0.4, 0.5) is 0 Å². The van der Waals surface area contributed by atoms with Crippen LogP contribution in [-0.2, 0) is 52.0 Å². The summed E-state index contributed by atoms with van der Waals surface area (Å²) < 4.78 is 34.6. The summed E-state index contributed by atoms with van der Waals surface area (Å²) in [6.45, 7) is 2.72. The maximum Gasteiger partial charge on any atom is 0.469 e. The van der Waals surface area contributed by atoms with Gasteiger partial charge in [-0.15, -0.1) is 0 Å². The zero-order valence-corrected chi connectivity index (χ0v) is 16.3. The molecule has 14 heteroatoms. The van der Waals surface area contributed by atoms with E-state index in [1.54, 1.807) is 0 Å². The first-order valence-corrected chi connectivity index (χ1v) is 9.14. The lowest BCUT2D eigenvalue weighted by atomic mass is 10.0. The number of phosphoric acid groups is 1. The van der Waals surface area contributed by atoms with Gasteiger partial charge in [0.15, 0.2) is 30.7 Å². The van der Waals surface area contributed by atoms with Crippen LogP contribution in [-0.4, -0.2) is 71.0 Å². The van der Waals surface area contributed by atoms with E-state index in [1.807, 2.05) is 0 Å². The van der Waals surface area contributed by atoms with Crippen LogP contribution in [0.2, 0.25) is 0 Å². The van der Waals surface area contributed by atoms with Gasteiger partial charge in [0.1, 0.15) is 0 Å². The molecule has 0 aliphatic carbocycles. The van der Waals surface area contributed by atoms with Crippen molar-refractivity contribution in [2.75, 3.05) is 6.61 Å². The van der Waals surface area contributed by atoms with E-state index in [-0.39, 0.29) is 6.29 Å². The Kier molecular flexibility index (Phi) is 10.5. The van der Waals surface area contributed by atoms with Gasteiger partial charge in [-0.05, 0) is 0 Å². The Morgan fingerprint density at radius 2 is 1.25 bits per heavy atom. The normalized spacial score (nSPS) is 15.4. The lowest BCUT2D eigenvalue weighted by Crippen LogP contribution is -2.53. The third kappa shape index (κ3) is 10.7. The van der Waals surface area contributed by atoms with Crippen molar-refractivity contribution in [3.8, 4) is 0 Å². The minimum absolute atomic E-state index is 0.0696. The van der Waals surface area contributed by atoms with Crippen molar-refractivity contribution < 1.29 is 61.8 Å². The molecule has 160 valence electrons. The number of hydrogen-bond acceptors (Lipinski definition) is 11. The number of rotatable bonds is 11. The molecule has 0 spiro atoms. The van der Waals surface area contributed by atoms with Crippen LogP contribution in [0.3, 0.4) is 0 Å². The van der Waals surface area contributed by atoms with Crippen LogP contribution in [0.25, 0.3) is 0 Å². The number of aldehydes is 1. The molecule has 0 aromatic rings. The van der Waals surface area contributed by atoms with Crippen LogP contribution in [0.1, 0.15) is 27.7 Å². The van der Waals surface area contributed by atoms with Gasteiger partial charge in [-0.2, -0.15) is 0 Å².